The van der Waals surface area contributed by atoms with E-state index in [9.17, 15) is 0 Å². The molecule has 1 aliphatic rings. The molecule has 1 heterocycles. The molecule has 1 unspecified atom stereocenters. The lowest BCUT2D eigenvalue weighted by molar-refractivity contribution is 0.414. The molecule has 1 atom stereocenters. The van der Waals surface area contributed by atoms with Gasteiger partial charge in [-0.25, -0.2) is 0 Å². The topological polar surface area (TPSA) is 38.5 Å². The lowest BCUT2D eigenvalue weighted by atomic mass is 9.96. The molecular weight excluding hydrogens is 308 g/mol. The van der Waals surface area contributed by atoms with Gasteiger partial charge in [0.1, 0.15) is 5.75 Å². The first-order valence-corrected chi connectivity index (χ1v) is 8.03. The summed E-state index contributed by atoms with van der Waals surface area (Å²) in [4.78, 5) is 2.46. The fourth-order valence-corrected chi connectivity index (χ4v) is 3.17. The van der Waals surface area contributed by atoms with E-state index in [1.807, 2.05) is 24.3 Å². The maximum absolute atomic E-state index is 6.57. The molecule has 1 saturated heterocycles. The Morgan fingerprint density at radius 3 is 2.35 bits per heavy atom. The van der Waals surface area contributed by atoms with Gasteiger partial charge < -0.3 is 15.4 Å². The van der Waals surface area contributed by atoms with Gasteiger partial charge in [0.2, 0.25) is 0 Å². The summed E-state index contributed by atoms with van der Waals surface area (Å²) in [6.45, 7) is 2.22. The molecule has 4 heteroatoms. The molecule has 0 saturated carbocycles. The van der Waals surface area contributed by atoms with E-state index in [-0.39, 0.29) is 18.4 Å². The molecule has 1 fully saturated rings. The highest BCUT2D eigenvalue weighted by molar-refractivity contribution is 5.85. The van der Waals surface area contributed by atoms with E-state index in [1.54, 1.807) is 7.11 Å². The summed E-state index contributed by atoms with van der Waals surface area (Å²) in [5.41, 5.74) is 10.1. The SMILES string of the molecule is COc1ccc(N2CCCCC2)c(C(N)c2ccccc2)c1.Cl. The van der Waals surface area contributed by atoms with Crippen LogP contribution in [0.4, 0.5) is 5.69 Å². The Morgan fingerprint density at radius 1 is 1.00 bits per heavy atom. The molecule has 3 rings (SSSR count). The number of piperidine rings is 1. The highest BCUT2D eigenvalue weighted by Crippen LogP contribution is 2.33. The van der Waals surface area contributed by atoms with Gasteiger partial charge in [-0.1, -0.05) is 30.3 Å². The minimum absolute atomic E-state index is 0. The molecule has 1 aliphatic heterocycles. The second kappa shape index (κ2) is 8.23. The highest BCUT2D eigenvalue weighted by atomic mass is 35.5. The molecule has 23 heavy (non-hydrogen) atoms. The number of benzene rings is 2. The number of ether oxygens (including phenoxy) is 1. The molecule has 0 aromatic heterocycles. The maximum atomic E-state index is 6.57. The van der Waals surface area contributed by atoms with Gasteiger partial charge in [-0.15, -0.1) is 12.4 Å². The summed E-state index contributed by atoms with van der Waals surface area (Å²) in [5, 5.41) is 0. The minimum Gasteiger partial charge on any atom is -0.497 e. The lowest BCUT2D eigenvalue weighted by Gasteiger charge is -2.32. The molecule has 0 bridgehead atoms. The van der Waals surface area contributed by atoms with E-state index in [2.05, 4.69) is 29.2 Å². The highest BCUT2D eigenvalue weighted by Gasteiger charge is 2.19. The van der Waals surface area contributed by atoms with E-state index < -0.39 is 0 Å². The molecule has 3 nitrogen and oxygen atoms in total. The Morgan fingerprint density at radius 2 is 1.70 bits per heavy atom. The zero-order chi connectivity index (χ0) is 15.4. The Labute approximate surface area is 144 Å². The number of hydrogen-bond donors (Lipinski definition) is 1. The summed E-state index contributed by atoms with van der Waals surface area (Å²) in [7, 11) is 1.70. The normalized spacial score (nSPS) is 15.7. The lowest BCUT2D eigenvalue weighted by Crippen LogP contribution is -2.31. The predicted molar refractivity (Wildman–Crippen MR) is 98.8 cm³/mol. The van der Waals surface area contributed by atoms with Gasteiger partial charge in [-0.05, 0) is 43.0 Å². The smallest absolute Gasteiger partial charge is 0.119 e. The Balaban J connectivity index is 0.00000192. The third-order valence-electron chi connectivity index (χ3n) is 4.43. The van der Waals surface area contributed by atoms with E-state index >= 15 is 0 Å². The maximum Gasteiger partial charge on any atom is 0.119 e. The van der Waals surface area contributed by atoms with Gasteiger partial charge in [-0.3, -0.25) is 0 Å². The second-order valence-electron chi connectivity index (χ2n) is 5.86. The van der Waals surface area contributed by atoms with E-state index in [0.717, 1.165) is 30.0 Å². The quantitative estimate of drug-likeness (QED) is 0.913. The third kappa shape index (κ3) is 3.98. The van der Waals surface area contributed by atoms with Crippen molar-refractivity contribution in [2.75, 3.05) is 25.1 Å². The van der Waals surface area contributed by atoms with Crippen molar-refractivity contribution in [1.82, 2.24) is 0 Å². The van der Waals surface area contributed by atoms with Crippen LogP contribution >= 0.6 is 12.4 Å². The van der Waals surface area contributed by atoms with E-state index in [1.165, 1.54) is 24.9 Å². The molecular formula is C19H25ClN2O. The summed E-state index contributed by atoms with van der Waals surface area (Å²) >= 11 is 0. The van der Waals surface area contributed by atoms with Gasteiger partial charge in [0, 0.05) is 24.3 Å². The van der Waals surface area contributed by atoms with Crippen molar-refractivity contribution in [3.63, 3.8) is 0 Å². The summed E-state index contributed by atoms with van der Waals surface area (Å²) in [6, 6.07) is 16.4. The number of halogens is 1. The Hall–Kier alpha value is -1.71. The van der Waals surface area contributed by atoms with Gasteiger partial charge in [0.15, 0.2) is 0 Å². The molecule has 2 aromatic carbocycles. The van der Waals surface area contributed by atoms with Crippen LogP contribution in [0.15, 0.2) is 48.5 Å². The van der Waals surface area contributed by atoms with Gasteiger partial charge >= 0.3 is 0 Å². The van der Waals surface area contributed by atoms with Crippen LogP contribution in [0.2, 0.25) is 0 Å². The third-order valence-corrected chi connectivity index (χ3v) is 4.43. The van der Waals surface area contributed by atoms with Gasteiger partial charge in [-0.2, -0.15) is 0 Å². The molecule has 124 valence electrons. The summed E-state index contributed by atoms with van der Waals surface area (Å²) < 4.78 is 5.41. The van der Waals surface area contributed by atoms with Crippen molar-refractivity contribution in [3.05, 3.63) is 59.7 Å². The zero-order valence-corrected chi connectivity index (χ0v) is 14.4. The van der Waals surface area contributed by atoms with Crippen LogP contribution < -0.4 is 15.4 Å². The standard InChI is InChI=1S/C19H24N2O.ClH/c1-22-16-10-11-18(21-12-6-3-7-13-21)17(14-16)19(20)15-8-4-2-5-9-15;/h2,4-5,8-11,14,19H,3,6-7,12-13,20H2,1H3;1H. The minimum atomic E-state index is -0.131. The average molecular weight is 333 g/mol. The average Bonchev–Trinajstić information content (AvgIpc) is 2.62. The summed E-state index contributed by atoms with van der Waals surface area (Å²) in [5.74, 6) is 0.863. The zero-order valence-electron chi connectivity index (χ0n) is 13.6. The van der Waals surface area contributed by atoms with Crippen LogP contribution in [-0.2, 0) is 0 Å². The van der Waals surface area contributed by atoms with Crippen molar-refractivity contribution >= 4 is 18.1 Å². The molecule has 0 amide bonds. The van der Waals surface area contributed by atoms with Crippen molar-refractivity contribution in [3.8, 4) is 5.75 Å². The number of anilines is 1. The first kappa shape index (κ1) is 17.6. The Bertz CT molecular complexity index is 612. The van der Waals surface area contributed by atoms with E-state index in [0.29, 0.717) is 0 Å². The number of nitrogens with zero attached hydrogens (tertiary/aromatic N) is 1. The van der Waals surface area contributed by atoms with Crippen LogP contribution in [0, 0.1) is 0 Å². The van der Waals surface area contributed by atoms with Crippen LogP contribution in [-0.4, -0.2) is 20.2 Å². The van der Waals surface area contributed by atoms with Crippen molar-refractivity contribution in [2.24, 2.45) is 5.73 Å². The van der Waals surface area contributed by atoms with E-state index in [4.69, 9.17) is 10.5 Å². The molecule has 2 aromatic rings. The monoisotopic (exact) mass is 332 g/mol. The van der Waals surface area contributed by atoms with Crippen LogP contribution in [0.5, 0.6) is 5.75 Å². The molecule has 0 spiro atoms. The fraction of sp³-hybridized carbons (Fsp3) is 0.368. The van der Waals surface area contributed by atoms with Crippen LogP contribution in [0.1, 0.15) is 36.4 Å². The largest absolute Gasteiger partial charge is 0.497 e. The number of hydrogen-bond acceptors (Lipinski definition) is 3. The van der Waals surface area contributed by atoms with Crippen LogP contribution in [0.3, 0.4) is 0 Å². The second-order valence-corrected chi connectivity index (χ2v) is 5.86. The van der Waals surface area contributed by atoms with Crippen LogP contribution in [0.25, 0.3) is 0 Å². The molecule has 2 N–H and O–H groups in total. The summed E-state index contributed by atoms with van der Waals surface area (Å²) in [6.07, 6.45) is 3.84. The predicted octanol–water partition coefficient (Wildman–Crippen LogP) is 4.16. The van der Waals surface area contributed by atoms with Gasteiger partial charge in [0.05, 0.1) is 13.2 Å². The van der Waals surface area contributed by atoms with Crippen molar-refractivity contribution in [2.45, 2.75) is 25.3 Å². The Kier molecular flexibility index (Phi) is 6.31. The first-order chi connectivity index (χ1) is 10.8. The number of nitrogens with two attached hydrogens (primary N) is 1. The van der Waals surface area contributed by atoms with Crippen molar-refractivity contribution in [1.29, 1.82) is 0 Å². The molecule has 0 radical (unpaired) electrons. The van der Waals surface area contributed by atoms with Crippen molar-refractivity contribution < 1.29 is 4.74 Å². The van der Waals surface area contributed by atoms with Gasteiger partial charge in [0.25, 0.3) is 0 Å². The molecule has 0 aliphatic carbocycles. The number of methoxy groups -OCH3 is 1. The first-order valence-electron chi connectivity index (χ1n) is 8.03. The fourth-order valence-electron chi connectivity index (χ4n) is 3.17. The number of rotatable bonds is 4.